The molecule has 0 aromatic heterocycles. The predicted molar refractivity (Wildman–Crippen MR) is 130 cm³/mol. The number of amides is 3. The second-order valence-electron chi connectivity index (χ2n) is 9.80. The topological polar surface area (TPSA) is 128 Å². The zero-order valence-corrected chi connectivity index (χ0v) is 20.8. The van der Waals surface area contributed by atoms with Gasteiger partial charge in [-0.25, -0.2) is 0 Å². The number of carboxylic acids is 1. The van der Waals surface area contributed by atoms with Crippen molar-refractivity contribution in [2.75, 3.05) is 32.7 Å². The fourth-order valence-electron chi connectivity index (χ4n) is 5.04. The van der Waals surface area contributed by atoms with Crippen molar-refractivity contribution < 1.29 is 24.3 Å². The molecule has 1 atom stereocenters. The third-order valence-electron chi connectivity index (χ3n) is 7.14. The summed E-state index contributed by atoms with van der Waals surface area (Å²) in [5.41, 5.74) is 0. The Kier molecular flexibility index (Phi) is 13.0. The van der Waals surface area contributed by atoms with Crippen molar-refractivity contribution in [1.29, 1.82) is 0 Å². The van der Waals surface area contributed by atoms with Gasteiger partial charge in [-0.2, -0.15) is 0 Å². The van der Waals surface area contributed by atoms with Gasteiger partial charge in [0, 0.05) is 19.5 Å². The van der Waals surface area contributed by atoms with Crippen LogP contribution in [0.3, 0.4) is 0 Å². The minimum atomic E-state index is -1.16. The molecule has 1 heterocycles. The summed E-state index contributed by atoms with van der Waals surface area (Å²) in [5.74, 6) is -0.987. The number of nitrogens with one attached hydrogen (secondary N) is 3. The largest absolute Gasteiger partial charge is 0.481 e. The molecule has 0 spiro atoms. The standard InChI is InChI=1S/C25H44N4O5/c1-2-29(23(31)10-6-9-20-11-14-26-15-12-20)18-22(30)28-21(17-24(32)33)25(34)27-16-13-19-7-4-3-5-8-19/h19-21,26H,2-18H2,1H3,(H,27,34)(H,28,30)(H,32,33). The molecule has 0 aromatic carbocycles. The highest BCUT2D eigenvalue weighted by Crippen LogP contribution is 2.25. The fraction of sp³-hybridized carbons (Fsp3) is 0.840. The van der Waals surface area contributed by atoms with Crippen molar-refractivity contribution in [2.24, 2.45) is 11.8 Å². The second-order valence-corrected chi connectivity index (χ2v) is 9.80. The number of nitrogens with zero attached hydrogens (tertiary/aromatic N) is 1. The minimum Gasteiger partial charge on any atom is -0.481 e. The molecule has 2 rings (SSSR count). The fourth-order valence-corrected chi connectivity index (χ4v) is 5.04. The normalized spacial score (nSPS) is 18.1. The first kappa shape index (κ1) is 28.1. The van der Waals surface area contributed by atoms with Gasteiger partial charge in [0.15, 0.2) is 0 Å². The van der Waals surface area contributed by atoms with Crippen molar-refractivity contribution >= 4 is 23.7 Å². The van der Waals surface area contributed by atoms with Gasteiger partial charge in [-0.05, 0) is 64.0 Å². The van der Waals surface area contributed by atoms with E-state index in [9.17, 15) is 24.3 Å². The van der Waals surface area contributed by atoms with Gasteiger partial charge in [0.25, 0.3) is 0 Å². The molecule has 9 nitrogen and oxygen atoms in total. The van der Waals surface area contributed by atoms with Crippen molar-refractivity contribution in [3.63, 3.8) is 0 Å². The van der Waals surface area contributed by atoms with Crippen molar-refractivity contribution in [1.82, 2.24) is 20.9 Å². The lowest BCUT2D eigenvalue weighted by Crippen LogP contribution is -2.51. The Morgan fingerprint density at radius 1 is 1.00 bits per heavy atom. The van der Waals surface area contributed by atoms with Gasteiger partial charge in [0.05, 0.1) is 13.0 Å². The van der Waals surface area contributed by atoms with Gasteiger partial charge >= 0.3 is 5.97 Å². The highest BCUT2D eigenvalue weighted by atomic mass is 16.4. The SMILES string of the molecule is CCN(CC(=O)NC(CC(=O)O)C(=O)NCCC1CCCCC1)C(=O)CCCC1CCNCC1. The molecule has 2 aliphatic rings. The molecule has 1 saturated heterocycles. The van der Waals surface area contributed by atoms with Crippen LogP contribution in [0, 0.1) is 11.8 Å². The van der Waals surface area contributed by atoms with Gasteiger partial charge in [-0.15, -0.1) is 0 Å². The number of hydrogen-bond acceptors (Lipinski definition) is 5. The number of likely N-dealkylation sites (N-methyl/N-ethyl adjacent to an activating group) is 1. The van der Waals surface area contributed by atoms with Crippen LogP contribution >= 0.6 is 0 Å². The Balaban J connectivity index is 1.75. The molecule has 34 heavy (non-hydrogen) atoms. The smallest absolute Gasteiger partial charge is 0.305 e. The molecule has 4 N–H and O–H groups in total. The first-order valence-corrected chi connectivity index (χ1v) is 13.2. The van der Waals surface area contributed by atoms with Crippen LogP contribution in [0.5, 0.6) is 0 Å². The Hall–Kier alpha value is -2.16. The number of aliphatic carboxylic acids is 1. The number of rotatable bonds is 14. The van der Waals surface area contributed by atoms with Crippen molar-refractivity contribution in [2.45, 2.75) is 90.0 Å². The third kappa shape index (κ3) is 10.8. The molecule has 1 saturated carbocycles. The van der Waals surface area contributed by atoms with E-state index >= 15 is 0 Å². The van der Waals surface area contributed by atoms with E-state index in [0.717, 1.165) is 45.2 Å². The van der Waals surface area contributed by atoms with Crippen LogP contribution in [-0.4, -0.2) is 72.5 Å². The summed E-state index contributed by atoms with van der Waals surface area (Å²) in [6.45, 7) is 4.57. The molecule has 1 unspecified atom stereocenters. The highest BCUT2D eigenvalue weighted by Gasteiger charge is 2.25. The number of hydrogen-bond donors (Lipinski definition) is 4. The summed E-state index contributed by atoms with van der Waals surface area (Å²) in [6.07, 6.45) is 10.9. The van der Waals surface area contributed by atoms with E-state index in [1.54, 1.807) is 0 Å². The number of carbonyl (C=O) groups excluding carboxylic acids is 3. The Bertz CT molecular complexity index is 660. The average Bonchev–Trinajstić information content (AvgIpc) is 2.83. The lowest BCUT2D eigenvalue weighted by molar-refractivity contribution is -0.141. The molecular formula is C25H44N4O5. The van der Waals surface area contributed by atoms with Crippen molar-refractivity contribution in [3.05, 3.63) is 0 Å². The summed E-state index contributed by atoms with van der Waals surface area (Å²) in [5, 5.41) is 17.9. The van der Waals surface area contributed by atoms with E-state index < -0.39 is 30.2 Å². The van der Waals surface area contributed by atoms with Gasteiger partial charge in [0.2, 0.25) is 17.7 Å². The Labute approximate surface area is 203 Å². The summed E-state index contributed by atoms with van der Waals surface area (Å²) in [7, 11) is 0. The molecule has 0 bridgehead atoms. The first-order valence-electron chi connectivity index (χ1n) is 13.2. The summed E-state index contributed by atoms with van der Waals surface area (Å²) in [6, 6.07) is -1.15. The van der Waals surface area contributed by atoms with Gasteiger partial charge in [-0.1, -0.05) is 32.1 Å². The van der Waals surface area contributed by atoms with E-state index in [1.807, 2.05) is 6.92 Å². The van der Waals surface area contributed by atoms with Crippen molar-refractivity contribution in [3.8, 4) is 0 Å². The molecule has 9 heteroatoms. The van der Waals surface area contributed by atoms with Gasteiger partial charge in [-0.3, -0.25) is 19.2 Å². The van der Waals surface area contributed by atoms with Crippen LogP contribution in [0.4, 0.5) is 0 Å². The Morgan fingerprint density at radius 2 is 1.68 bits per heavy atom. The first-order chi connectivity index (χ1) is 16.4. The summed E-state index contributed by atoms with van der Waals surface area (Å²) >= 11 is 0. The molecule has 0 aromatic rings. The predicted octanol–water partition coefficient (Wildman–Crippen LogP) is 2.05. The van der Waals surface area contributed by atoms with E-state index in [1.165, 1.54) is 37.0 Å². The zero-order valence-electron chi connectivity index (χ0n) is 20.8. The lowest BCUT2D eigenvalue weighted by Gasteiger charge is -2.25. The maximum Gasteiger partial charge on any atom is 0.305 e. The van der Waals surface area contributed by atoms with E-state index in [4.69, 9.17) is 0 Å². The summed E-state index contributed by atoms with van der Waals surface area (Å²) in [4.78, 5) is 50.5. The monoisotopic (exact) mass is 480 g/mol. The van der Waals surface area contributed by atoms with Crippen LogP contribution in [0.25, 0.3) is 0 Å². The zero-order chi connectivity index (χ0) is 24.8. The maximum atomic E-state index is 12.6. The molecular weight excluding hydrogens is 436 g/mol. The minimum absolute atomic E-state index is 0.0849. The van der Waals surface area contributed by atoms with E-state index in [0.29, 0.717) is 31.3 Å². The van der Waals surface area contributed by atoms with E-state index in [-0.39, 0.29) is 12.5 Å². The molecule has 1 aliphatic carbocycles. The van der Waals surface area contributed by atoms with Crippen LogP contribution < -0.4 is 16.0 Å². The quantitative estimate of drug-likeness (QED) is 0.301. The maximum absolute atomic E-state index is 12.6. The average molecular weight is 481 g/mol. The summed E-state index contributed by atoms with van der Waals surface area (Å²) < 4.78 is 0. The number of carboxylic acid groups (broad SMARTS) is 1. The molecule has 2 fully saturated rings. The van der Waals surface area contributed by atoms with Gasteiger partial charge < -0.3 is 26.0 Å². The second kappa shape index (κ2) is 15.7. The number of carbonyl (C=O) groups is 4. The molecule has 3 amide bonds. The van der Waals surface area contributed by atoms with Crippen LogP contribution in [-0.2, 0) is 19.2 Å². The molecule has 0 radical (unpaired) electrons. The van der Waals surface area contributed by atoms with Crippen LogP contribution in [0.2, 0.25) is 0 Å². The molecule has 1 aliphatic heterocycles. The lowest BCUT2D eigenvalue weighted by atomic mass is 9.87. The van der Waals surface area contributed by atoms with E-state index in [2.05, 4.69) is 16.0 Å². The third-order valence-corrected chi connectivity index (χ3v) is 7.14. The Morgan fingerprint density at radius 3 is 2.32 bits per heavy atom. The molecule has 194 valence electrons. The van der Waals surface area contributed by atoms with Gasteiger partial charge in [0.1, 0.15) is 6.04 Å². The van der Waals surface area contributed by atoms with Crippen LogP contribution in [0.15, 0.2) is 0 Å². The van der Waals surface area contributed by atoms with Crippen LogP contribution in [0.1, 0.15) is 84.0 Å². The highest BCUT2D eigenvalue weighted by molar-refractivity contribution is 5.92. The number of piperidine rings is 1.